The standard InChI is InChI=1S/C8H15N3O/c1-8(2,9)6-12-7-4-5-10-11(7)3/h4-5H,6,9H2,1-3H3. The molecule has 1 aromatic heterocycles. The quantitative estimate of drug-likeness (QED) is 0.718. The van der Waals surface area contributed by atoms with E-state index in [0.29, 0.717) is 6.61 Å². The molecule has 0 unspecified atom stereocenters. The number of ether oxygens (including phenoxy) is 1. The maximum atomic E-state index is 5.75. The SMILES string of the molecule is Cn1nccc1OCC(C)(C)N. The lowest BCUT2D eigenvalue weighted by Gasteiger charge is -2.18. The van der Waals surface area contributed by atoms with Crippen LogP contribution in [0.2, 0.25) is 0 Å². The van der Waals surface area contributed by atoms with Crippen molar-refractivity contribution in [3.05, 3.63) is 12.3 Å². The normalized spacial score (nSPS) is 11.7. The Hall–Kier alpha value is -1.03. The van der Waals surface area contributed by atoms with Crippen molar-refractivity contribution in [1.82, 2.24) is 9.78 Å². The smallest absolute Gasteiger partial charge is 0.211 e. The molecular weight excluding hydrogens is 154 g/mol. The molecule has 1 aromatic rings. The third-order valence-corrected chi connectivity index (χ3v) is 1.37. The van der Waals surface area contributed by atoms with Crippen LogP contribution in [-0.4, -0.2) is 21.9 Å². The highest BCUT2D eigenvalue weighted by Crippen LogP contribution is 2.08. The second-order valence-electron chi connectivity index (χ2n) is 3.57. The Balaban J connectivity index is 2.49. The van der Waals surface area contributed by atoms with Crippen molar-refractivity contribution in [3.63, 3.8) is 0 Å². The van der Waals surface area contributed by atoms with Crippen molar-refractivity contribution >= 4 is 0 Å². The molecule has 0 saturated carbocycles. The summed E-state index contributed by atoms with van der Waals surface area (Å²) in [5.41, 5.74) is 5.45. The van der Waals surface area contributed by atoms with Gasteiger partial charge in [0.25, 0.3) is 0 Å². The van der Waals surface area contributed by atoms with Crippen LogP contribution in [0.3, 0.4) is 0 Å². The van der Waals surface area contributed by atoms with Gasteiger partial charge in [-0.25, -0.2) is 4.68 Å². The van der Waals surface area contributed by atoms with Gasteiger partial charge in [0.15, 0.2) is 0 Å². The minimum Gasteiger partial charge on any atom is -0.476 e. The van der Waals surface area contributed by atoms with E-state index in [0.717, 1.165) is 5.88 Å². The van der Waals surface area contributed by atoms with E-state index in [1.807, 2.05) is 27.0 Å². The van der Waals surface area contributed by atoms with Crippen molar-refractivity contribution in [2.24, 2.45) is 12.8 Å². The van der Waals surface area contributed by atoms with E-state index in [1.165, 1.54) is 0 Å². The number of nitrogens with two attached hydrogens (primary N) is 1. The van der Waals surface area contributed by atoms with Crippen molar-refractivity contribution < 1.29 is 4.74 Å². The Labute approximate surface area is 72.3 Å². The van der Waals surface area contributed by atoms with Crippen LogP contribution in [0.5, 0.6) is 5.88 Å². The molecule has 0 spiro atoms. The third-order valence-electron chi connectivity index (χ3n) is 1.37. The molecule has 0 bridgehead atoms. The Morgan fingerprint density at radius 1 is 1.67 bits per heavy atom. The van der Waals surface area contributed by atoms with Crippen LogP contribution in [-0.2, 0) is 7.05 Å². The fraction of sp³-hybridized carbons (Fsp3) is 0.625. The molecule has 4 heteroatoms. The molecule has 4 nitrogen and oxygen atoms in total. The number of aryl methyl sites for hydroxylation is 1. The monoisotopic (exact) mass is 169 g/mol. The second kappa shape index (κ2) is 3.15. The molecular formula is C8H15N3O. The zero-order valence-corrected chi connectivity index (χ0v) is 7.74. The van der Waals surface area contributed by atoms with Gasteiger partial charge in [0.05, 0.1) is 6.20 Å². The van der Waals surface area contributed by atoms with Crippen LogP contribution in [0.25, 0.3) is 0 Å². The van der Waals surface area contributed by atoms with E-state index in [4.69, 9.17) is 10.5 Å². The van der Waals surface area contributed by atoms with Crippen molar-refractivity contribution in [2.75, 3.05) is 6.61 Å². The summed E-state index contributed by atoms with van der Waals surface area (Å²) in [6.07, 6.45) is 1.69. The van der Waals surface area contributed by atoms with Crippen LogP contribution in [0.1, 0.15) is 13.8 Å². The first-order chi connectivity index (χ1) is 5.49. The molecule has 0 aliphatic carbocycles. The molecule has 0 aromatic carbocycles. The lowest BCUT2D eigenvalue weighted by molar-refractivity contribution is 0.226. The Morgan fingerprint density at radius 3 is 2.75 bits per heavy atom. The predicted octanol–water partition coefficient (Wildman–Crippen LogP) is 0.536. The van der Waals surface area contributed by atoms with Crippen molar-refractivity contribution in [3.8, 4) is 5.88 Å². The number of nitrogens with zero attached hydrogens (tertiary/aromatic N) is 2. The maximum absolute atomic E-state index is 5.75. The van der Waals surface area contributed by atoms with Gasteiger partial charge in [-0.1, -0.05) is 0 Å². The van der Waals surface area contributed by atoms with Gasteiger partial charge in [0.1, 0.15) is 6.61 Å². The number of hydrogen-bond acceptors (Lipinski definition) is 3. The maximum Gasteiger partial charge on any atom is 0.211 e. The summed E-state index contributed by atoms with van der Waals surface area (Å²) in [5.74, 6) is 0.744. The summed E-state index contributed by atoms with van der Waals surface area (Å²) in [6.45, 7) is 4.33. The number of aromatic nitrogens is 2. The molecule has 0 saturated heterocycles. The fourth-order valence-corrected chi connectivity index (χ4v) is 0.763. The molecule has 0 atom stereocenters. The number of rotatable bonds is 3. The van der Waals surface area contributed by atoms with Gasteiger partial charge in [0, 0.05) is 18.7 Å². The van der Waals surface area contributed by atoms with Crippen LogP contribution in [0, 0.1) is 0 Å². The van der Waals surface area contributed by atoms with E-state index < -0.39 is 0 Å². The molecule has 0 aliphatic heterocycles. The average Bonchev–Trinajstić information content (AvgIpc) is 2.29. The topological polar surface area (TPSA) is 53.1 Å². The highest BCUT2D eigenvalue weighted by Gasteiger charge is 2.12. The molecule has 12 heavy (non-hydrogen) atoms. The van der Waals surface area contributed by atoms with E-state index in [-0.39, 0.29) is 5.54 Å². The van der Waals surface area contributed by atoms with Crippen LogP contribution < -0.4 is 10.5 Å². The minimum atomic E-state index is -0.301. The summed E-state index contributed by atoms with van der Waals surface area (Å²) in [5, 5.41) is 3.97. The summed E-state index contributed by atoms with van der Waals surface area (Å²) in [4.78, 5) is 0. The highest BCUT2D eigenvalue weighted by molar-refractivity contribution is 5.07. The Kier molecular flexibility index (Phi) is 2.38. The van der Waals surface area contributed by atoms with Crippen LogP contribution >= 0.6 is 0 Å². The average molecular weight is 169 g/mol. The van der Waals surface area contributed by atoms with Crippen molar-refractivity contribution in [2.45, 2.75) is 19.4 Å². The van der Waals surface area contributed by atoms with Gasteiger partial charge in [-0.2, -0.15) is 5.10 Å². The molecule has 0 fully saturated rings. The molecule has 1 rings (SSSR count). The molecule has 1 heterocycles. The molecule has 2 N–H and O–H groups in total. The van der Waals surface area contributed by atoms with E-state index in [9.17, 15) is 0 Å². The third kappa shape index (κ3) is 2.54. The summed E-state index contributed by atoms with van der Waals surface area (Å²) in [7, 11) is 1.83. The summed E-state index contributed by atoms with van der Waals surface area (Å²) in [6, 6.07) is 1.81. The zero-order chi connectivity index (χ0) is 9.19. The van der Waals surface area contributed by atoms with Crippen LogP contribution in [0.4, 0.5) is 0 Å². The van der Waals surface area contributed by atoms with Gasteiger partial charge in [-0.05, 0) is 13.8 Å². The first kappa shape index (κ1) is 9.06. The van der Waals surface area contributed by atoms with Gasteiger partial charge >= 0.3 is 0 Å². The van der Waals surface area contributed by atoms with E-state index in [1.54, 1.807) is 10.9 Å². The lowest BCUT2D eigenvalue weighted by Crippen LogP contribution is -2.38. The largest absolute Gasteiger partial charge is 0.476 e. The van der Waals surface area contributed by atoms with Gasteiger partial charge < -0.3 is 10.5 Å². The first-order valence-electron chi connectivity index (χ1n) is 3.89. The highest BCUT2D eigenvalue weighted by atomic mass is 16.5. The first-order valence-corrected chi connectivity index (χ1v) is 3.89. The second-order valence-corrected chi connectivity index (χ2v) is 3.57. The lowest BCUT2D eigenvalue weighted by atomic mass is 10.1. The molecule has 68 valence electrons. The van der Waals surface area contributed by atoms with Gasteiger partial charge in [-0.15, -0.1) is 0 Å². The number of hydrogen-bond donors (Lipinski definition) is 1. The zero-order valence-electron chi connectivity index (χ0n) is 7.74. The Morgan fingerprint density at radius 2 is 2.33 bits per heavy atom. The minimum absolute atomic E-state index is 0.301. The fourth-order valence-electron chi connectivity index (χ4n) is 0.763. The summed E-state index contributed by atoms with van der Waals surface area (Å²) >= 11 is 0. The molecule has 0 amide bonds. The van der Waals surface area contributed by atoms with Crippen LogP contribution in [0.15, 0.2) is 12.3 Å². The van der Waals surface area contributed by atoms with E-state index in [2.05, 4.69) is 5.10 Å². The van der Waals surface area contributed by atoms with Crippen molar-refractivity contribution in [1.29, 1.82) is 0 Å². The predicted molar refractivity (Wildman–Crippen MR) is 47.0 cm³/mol. The van der Waals surface area contributed by atoms with E-state index >= 15 is 0 Å². The van der Waals surface area contributed by atoms with Gasteiger partial charge in [-0.3, -0.25) is 0 Å². The van der Waals surface area contributed by atoms with Gasteiger partial charge in [0.2, 0.25) is 5.88 Å². The molecule has 0 radical (unpaired) electrons. The molecule has 0 aliphatic rings. The Bertz CT molecular complexity index is 249. The summed E-state index contributed by atoms with van der Waals surface area (Å²) < 4.78 is 7.09.